The van der Waals surface area contributed by atoms with E-state index in [-0.39, 0.29) is 0 Å². The molecule has 2 aromatic heterocycles. The molecule has 0 radical (unpaired) electrons. The molecule has 5 heteroatoms. The second kappa shape index (κ2) is 5.82. The molecule has 2 N–H and O–H groups in total. The number of hydrogen-bond donors (Lipinski definition) is 2. The highest BCUT2D eigenvalue weighted by Gasteiger charge is 2.12. The minimum absolute atomic E-state index is 0.309. The first-order valence-corrected chi connectivity index (χ1v) is 6.94. The van der Waals surface area contributed by atoms with Crippen molar-refractivity contribution >= 4 is 23.1 Å². The number of aromatic nitrogens is 2. The minimum Gasteiger partial charge on any atom is -0.362 e. The fourth-order valence-electron chi connectivity index (χ4n) is 1.74. The lowest BCUT2D eigenvalue weighted by Gasteiger charge is -2.17. The third kappa shape index (κ3) is 2.79. The zero-order valence-electron chi connectivity index (χ0n) is 10.9. The molecule has 0 bridgehead atoms. The van der Waals surface area contributed by atoms with E-state index in [0.717, 1.165) is 17.8 Å². The Hall–Kier alpha value is -1.62. The van der Waals surface area contributed by atoms with Crippen LogP contribution in [0.4, 0.5) is 11.8 Å². The van der Waals surface area contributed by atoms with Gasteiger partial charge in [0, 0.05) is 23.7 Å². The van der Waals surface area contributed by atoms with E-state index in [1.165, 1.54) is 4.88 Å². The molecule has 0 saturated carbocycles. The summed E-state index contributed by atoms with van der Waals surface area (Å²) in [5.74, 6) is 1.54. The summed E-state index contributed by atoms with van der Waals surface area (Å²) >= 11 is 1.77. The monoisotopic (exact) mass is 262 g/mol. The van der Waals surface area contributed by atoms with Crippen LogP contribution in [0.25, 0.3) is 0 Å². The summed E-state index contributed by atoms with van der Waals surface area (Å²) in [6, 6.07) is 4.54. The van der Waals surface area contributed by atoms with Gasteiger partial charge in [0.15, 0.2) is 0 Å². The van der Waals surface area contributed by atoms with Gasteiger partial charge in [0.2, 0.25) is 5.95 Å². The molecule has 1 unspecified atom stereocenters. The SMILES string of the molecule is CCC(Nc1nc(NC)ncc1C)c1cccs1. The van der Waals surface area contributed by atoms with Gasteiger partial charge < -0.3 is 10.6 Å². The Morgan fingerprint density at radius 3 is 2.89 bits per heavy atom. The van der Waals surface area contributed by atoms with E-state index in [9.17, 15) is 0 Å². The van der Waals surface area contributed by atoms with Crippen molar-refractivity contribution in [2.24, 2.45) is 0 Å². The van der Waals surface area contributed by atoms with Crippen LogP contribution in [-0.4, -0.2) is 17.0 Å². The lowest BCUT2D eigenvalue weighted by molar-refractivity contribution is 0.756. The third-order valence-electron chi connectivity index (χ3n) is 2.80. The topological polar surface area (TPSA) is 49.8 Å². The van der Waals surface area contributed by atoms with Crippen molar-refractivity contribution < 1.29 is 0 Å². The highest BCUT2D eigenvalue weighted by atomic mass is 32.1. The Labute approximate surface area is 111 Å². The van der Waals surface area contributed by atoms with Gasteiger partial charge in [0.25, 0.3) is 0 Å². The molecule has 1 atom stereocenters. The summed E-state index contributed by atoms with van der Waals surface area (Å²) < 4.78 is 0. The van der Waals surface area contributed by atoms with Crippen LogP contribution in [0.3, 0.4) is 0 Å². The van der Waals surface area contributed by atoms with Crippen LogP contribution in [0.1, 0.15) is 29.8 Å². The zero-order chi connectivity index (χ0) is 13.0. The van der Waals surface area contributed by atoms with E-state index in [1.807, 2.05) is 20.2 Å². The molecule has 0 spiro atoms. The lowest BCUT2D eigenvalue weighted by atomic mass is 10.2. The molecule has 2 aromatic rings. The molecule has 96 valence electrons. The predicted octanol–water partition coefficient (Wildman–Crippen LogP) is 3.45. The number of rotatable bonds is 5. The number of nitrogens with zero attached hydrogens (tertiary/aromatic N) is 2. The summed E-state index contributed by atoms with van der Waals surface area (Å²) in [5, 5.41) is 8.56. The second-order valence-electron chi connectivity index (χ2n) is 4.10. The molecular weight excluding hydrogens is 244 g/mol. The average Bonchev–Trinajstić information content (AvgIpc) is 2.91. The van der Waals surface area contributed by atoms with Gasteiger partial charge in [-0.05, 0) is 24.8 Å². The maximum atomic E-state index is 4.46. The Kier molecular flexibility index (Phi) is 4.15. The Balaban J connectivity index is 2.21. The second-order valence-corrected chi connectivity index (χ2v) is 5.08. The smallest absolute Gasteiger partial charge is 0.224 e. The molecule has 0 aromatic carbocycles. The fourth-order valence-corrected chi connectivity index (χ4v) is 2.60. The van der Waals surface area contributed by atoms with Crippen LogP contribution in [0.5, 0.6) is 0 Å². The quantitative estimate of drug-likeness (QED) is 0.866. The van der Waals surface area contributed by atoms with Gasteiger partial charge in [-0.2, -0.15) is 4.98 Å². The highest BCUT2D eigenvalue weighted by Crippen LogP contribution is 2.26. The van der Waals surface area contributed by atoms with Crippen molar-refractivity contribution in [1.82, 2.24) is 9.97 Å². The van der Waals surface area contributed by atoms with Crippen molar-refractivity contribution in [3.05, 3.63) is 34.2 Å². The molecule has 4 nitrogen and oxygen atoms in total. The van der Waals surface area contributed by atoms with Gasteiger partial charge in [-0.15, -0.1) is 11.3 Å². The van der Waals surface area contributed by atoms with Gasteiger partial charge >= 0.3 is 0 Å². The predicted molar refractivity (Wildman–Crippen MR) is 77.3 cm³/mol. The average molecular weight is 262 g/mol. The highest BCUT2D eigenvalue weighted by molar-refractivity contribution is 7.10. The van der Waals surface area contributed by atoms with Crippen LogP contribution in [0.15, 0.2) is 23.7 Å². The maximum Gasteiger partial charge on any atom is 0.224 e. The van der Waals surface area contributed by atoms with Crippen molar-refractivity contribution in [2.45, 2.75) is 26.3 Å². The first-order valence-electron chi connectivity index (χ1n) is 6.06. The van der Waals surface area contributed by atoms with Crippen LogP contribution >= 0.6 is 11.3 Å². The zero-order valence-corrected chi connectivity index (χ0v) is 11.7. The number of anilines is 2. The molecule has 2 heterocycles. The summed E-state index contributed by atoms with van der Waals surface area (Å²) in [4.78, 5) is 9.99. The Morgan fingerprint density at radius 2 is 2.28 bits per heavy atom. The van der Waals surface area contributed by atoms with E-state index in [0.29, 0.717) is 12.0 Å². The number of hydrogen-bond acceptors (Lipinski definition) is 5. The normalized spacial score (nSPS) is 12.2. The van der Waals surface area contributed by atoms with Crippen molar-refractivity contribution in [2.75, 3.05) is 17.7 Å². The lowest BCUT2D eigenvalue weighted by Crippen LogP contribution is -2.11. The summed E-state index contributed by atoms with van der Waals surface area (Å²) in [6.45, 7) is 4.19. The van der Waals surface area contributed by atoms with Crippen LogP contribution in [0.2, 0.25) is 0 Å². The standard InChI is InChI=1S/C13H18N4S/c1-4-10(11-6-5-7-18-11)16-12-9(2)8-15-13(14-3)17-12/h5-8,10H,4H2,1-3H3,(H2,14,15,16,17). The van der Waals surface area contributed by atoms with Gasteiger partial charge in [-0.1, -0.05) is 13.0 Å². The van der Waals surface area contributed by atoms with Crippen molar-refractivity contribution in [3.8, 4) is 0 Å². The molecule has 18 heavy (non-hydrogen) atoms. The van der Waals surface area contributed by atoms with Gasteiger partial charge in [-0.3, -0.25) is 0 Å². The first-order chi connectivity index (χ1) is 8.74. The number of nitrogens with one attached hydrogen (secondary N) is 2. The fraction of sp³-hybridized carbons (Fsp3) is 0.385. The largest absolute Gasteiger partial charge is 0.362 e. The van der Waals surface area contributed by atoms with Crippen LogP contribution in [-0.2, 0) is 0 Å². The first kappa shape index (κ1) is 12.8. The van der Waals surface area contributed by atoms with E-state index in [1.54, 1.807) is 11.3 Å². The van der Waals surface area contributed by atoms with Crippen LogP contribution < -0.4 is 10.6 Å². The maximum absolute atomic E-state index is 4.46. The molecule has 0 aliphatic carbocycles. The molecule has 0 saturated heterocycles. The van der Waals surface area contributed by atoms with Crippen molar-refractivity contribution in [3.63, 3.8) is 0 Å². The molecule has 0 amide bonds. The molecular formula is C13H18N4S. The summed E-state index contributed by atoms with van der Waals surface area (Å²) in [5.41, 5.74) is 1.06. The Bertz CT molecular complexity index is 496. The van der Waals surface area contributed by atoms with Crippen LogP contribution in [0, 0.1) is 6.92 Å². The molecule has 0 aliphatic heterocycles. The van der Waals surface area contributed by atoms with Gasteiger partial charge in [0.1, 0.15) is 5.82 Å². The number of thiophene rings is 1. The third-order valence-corrected chi connectivity index (χ3v) is 3.79. The minimum atomic E-state index is 0.309. The number of aryl methyl sites for hydroxylation is 1. The van der Waals surface area contributed by atoms with E-state index in [2.05, 4.69) is 45.0 Å². The van der Waals surface area contributed by atoms with E-state index >= 15 is 0 Å². The van der Waals surface area contributed by atoms with E-state index < -0.39 is 0 Å². The summed E-state index contributed by atoms with van der Waals surface area (Å²) in [7, 11) is 1.82. The molecule has 2 rings (SSSR count). The van der Waals surface area contributed by atoms with Crippen molar-refractivity contribution in [1.29, 1.82) is 0 Å². The Morgan fingerprint density at radius 1 is 1.44 bits per heavy atom. The molecule has 0 fully saturated rings. The van der Waals surface area contributed by atoms with Gasteiger partial charge in [0.05, 0.1) is 6.04 Å². The molecule has 0 aliphatic rings. The van der Waals surface area contributed by atoms with E-state index in [4.69, 9.17) is 0 Å². The summed E-state index contributed by atoms with van der Waals surface area (Å²) in [6.07, 6.45) is 2.86. The van der Waals surface area contributed by atoms with Gasteiger partial charge in [-0.25, -0.2) is 4.98 Å².